The second-order valence-corrected chi connectivity index (χ2v) is 6.96. The smallest absolute Gasteiger partial charge is 0.300 e. The van der Waals surface area contributed by atoms with Crippen LogP contribution in [0.1, 0.15) is 36.5 Å². The fourth-order valence-electron chi connectivity index (χ4n) is 3.80. The van der Waals surface area contributed by atoms with E-state index >= 15 is 0 Å². The van der Waals surface area contributed by atoms with Crippen molar-refractivity contribution in [2.45, 2.75) is 31.2 Å². The third-order valence-electron chi connectivity index (χ3n) is 4.96. The topological polar surface area (TPSA) is 89.3 Å². The van der Waals surface area contributed by atoms with Gasteiger partial charge in [-0.2, -0.15) is 0 Å². The normalized spacial score (nSPS) is 11.8. The van der Waals surface area contributed by atoms with Crippen LogP contribution in [-0.2, 0) is 10.2 Å². The summed E-state index contributed by atoms with van der Waals surface area (Å²) in [6.45, 7) is 1.74. The van der Waals surface area contributed by atoms with Crippen molar-refractivity contribution >= 4 is 5.97 Å². The molecule has 29 heavy (non-hydrogen) atoms. The number of carboxylic acids is 1. The van der Waals surface area contributed by atoms with Gasteiger partial charge < -0.3 is 16.6 Å². The molecule has 1 unspecified atom stereocenters. The molecule has 152 valence electrons. The van der Waals surface area contributed by atoms with Gasteiger partial charge in [0, 0.05) is 13.0 Å². The van der Waals surface area contributed by atoms with Crippen LogP contribution in [-0.4, -0.2) is 23.7 Å². The molecule has 0 saturated carbocycles. The Morgan fingerprint density at radius 3 is 1.41 bits per heavy atom. The zero-order chi connectivity index (χ0) is 21.1. The fourth-order valence-corrected chi connectivity index (χ4v) is 3.80. The first-order valence-corrected chi connectivity index (χ1v) is 9.85. The largest absolute Gasteiger partial charge is 0.481 e. The highest BCUT2D eigenvalue weighted by atomic mass is 16.4. The van der Waals surface area contributed by atoms with Gasteiger partial charge in [0.1, 0.15) is 0 Å². The Labute approximate surface area is 173 Å². The van der Waals surface area contributed by atoms with Gasteiger partial charge in [0.15, 0.2) is 0 Å². The van der Waals surface area contributed by atoms with Crippen LogP contribution in [0.3, 0.4) is 0 Å². The molecule has 0 aliphatic rings. The van der Waals surface area contributed by atoms with Crippen molar-refractivity contribution in [3.63, 3.8) is 0 Å². The lowest BCUT2D eigenvalue weighted by atomic mass is 9.64. The van der Waals surface area contributed by atoms with E-state index in [0.29, 0.717) is 6.54 Å². The first-order valence-electron chi connectivity index (χ1n) is 9.85. The van der Waals surface area contributed by atoms with Crippen LogP contribution in [0, 0.1) is 0 Å². The number of rotatable bonds is 7. The summed E-state index contributed by atoms with van der Waals surface area (Å²) in [4.78, 5) is 9.00. The number of benzene rings is 3. The van der Waals surface area contributed by atoms with Gasteiger partial charge in [0.25, 0.3) is 5.97 Å². The Bertz CT molecular complexity index is 751. The zero-order valence-corrected chi connectivity index (χ0v) is 16.9. The molecule has 3 aromatic carbocycles. The SMILES string of the molecule is CC(=O)O.NCCCC(N)C(c1ccccc1)(c1ccccc1)c1ccccc1. The summed E-state index contributed by atoms with van der Waals surface area (Å²) in [5, 5.41) is 7.42. The first kappa shape index (κ1) is 22.3. The molecule has 0 saturated heterocycles. The van der Waals surface area contributed by atoms with Gasteiger partial charge in [-0.3, -0.25) is 4.79 Å². The van der Waals surface area contributed by atoms with E-state index in [1.54, 1.807) is 0 Å². The monoisotopic (exact) mass is 390 g/mol. The number of hydrogen-bond donors (Lipinski definition) is 3. The molecule has 5 N–H and O–H groups in total. The van der Waals surface area contributed by atoms with Gasteiger partial charge in [-0.25, -0.2) is 0 Å². The molecule has 0 aliphatic heterocycles. The van der Waals surface area contributed by atoms with Crippen LogP contribution in [0.25, 0.3) is 0 Å². The molecule has 3 rings (SSSR count). The van der Waals surface area contributed by atoms with Crippen LogP contribution in [0.4, 0.5) is 0 Å². The summed E-state index contributed by atoms with van der Waals surface area (Å²) in [5.74, 6) is -0.833. The molecule has 0 bridgehead atoms. The van der Waals surface area contributed by atoms with Gasteiger partial charge >= 0.3 is 0 Å². The predicted molar refractivity (Wildman–Crippen MR) is 119 cm³/mol. The van der Waals surface area contributed by atoms with Crippen LogP contribution < -0.4 is 11.5 Å². The Morgan fingerprint density at radius 2 is 1.14 bits per heavy atom. The van der Waals surface area contributed by atoms with E-state index in [2.05, 4.69) is 91.0 Å². The summed E-state index contributed by atoms with van der Waals surface area (Å²) in [5.41, 5.74) is 15.9. The van der Waals surface area contributed by atoms with Gasteiger partial charge in [-0.15, -0.1) is 0 Å². The van der Waals surface area contributed by atoms with E-state index in [1.807, 2.05) is 0 Å². The number of nitrogens with two attached hydrogens (primary N) is 2. The van der Waals surface area contributed by atoms with Crippen molar-refractivity contribution in [2.75, 3.05) is 6.54 Å². The van der Waals surface area contributed by atoms with Crippen LogP contribution in [0.5, 0.6) is 0 Å². The fraction of sp³-hybridized carbons (Fsp3) is 0.240. The van der Waals surface area contributed by atoms with E-state index in [0.717, 1.165) is 19.8 Å². The molecule has 4 nitrogen and oxygen atoms in total. The maximum atomic E-state index is 9.00. The summed E-state index contributed by atoms with van der Waals surface area (Å²) in [7, 11) is 0. The molecule has 0 radical (unpaired) electrons. The predicted octanol–water partition coefficient (Wildman–Crippen LogP) is 4.18. The Balaban J connectivity index is 0.000000687. The minimum atomic E-state index is -0.833. The molecule has 0 fully saturated rings. The van der Waals surface area contributed by atoms with E-state index < -0.39 is 5.97 Å². The number of aliphatic carboxylic acids is 1. The lowest BCUT2D eigenvalue weighted by molar-refractivity contribution is -0.134. The highest BCUT2D eigenvalue weighted by molar-refractivity contribution is 5.63. The third-order valence-corrected chi connectivity index (χ3v) is 4.96. The standard InChI is InChI=1S/C23H26N2.C2H4O2/c24-18-10-17-22(25)23(19-11-4-1-5-12-19,20-13-6-2-7-14-20)21-15-8-3-9-16-21;1-2(3)4/h1-9,11-16,22H,10,17-18,24-25H2;1H3,(H,3,4). The van der Waals surface area contributed by atoms with E-state index in [1.165, 1.54) is 16.7 Å². The number of carboxylic acid groups (broad SMARTS) is 1. The van der Waals surface area contributed by atoms with Gasteiger partial charge in [-0.1, -0.05) is 91.0 Å². The summed E-state index contributed by atoms with van der Waals surface area (Å²) >= 11 is 0. The van der Waals surface area contributed by atoms with Crippen molar-refractivity contribution in [1.29, 1.82) is 0 Å². The maximum Gasteiger partial charge on any atom is 0.300 e. The molecule has 3 aromatic rings. The molecule has 0 heterocycles. The minimum absolute atomic E-state index is 0.0664. The average molecular weight is 391 g/mol. The zero-order valence-electron chi connectivity index (χ0n) is 16.9. The highest BCUT2D eigenvalue weighted by Gasteiger charge is 2.41. The van der Waals surface area contributed by atoms with Crippen molar-refractivity contribution in [1.82, 2.24) is 0 Å². The first-order chi connectivity index (χ1) is 14.0. The second-order valence-electron chi connectivity index (χ2n) is 6.96. The Morgan fingerprint density at radius 1 is 0.828 bits per heavy atom. The molecule has 0 amide bonds. The average Bonchev–Trinajstić information content (AvgIpc) is 2.75. The van der Waals surface area contributed by atoms with Gasteiger partial charge in [-0.05, 0) is 36.1 Å². The van der Waals surface area contributed by atoms with Gasteiger partial charge in [0.2, 0.25) is 0 Å². The Hall–Kier alpha value is -2.95. The maximum absolute atomic E-state index is 9.00. The molecule has 4 heteroatoms. The number of carbonyl (C=O) groups is 1. The molecule has 0 aliphatic carbocycles. The third kappa shape index (κ3) is 5.53. The van der Waals surface area contributed by atoms with E-state index in [-0.39, 0.29) is 11.5 Å². The van der Waals surface area contributed by atoms with Crippen molar-refractivity contribution < 1.29 is 9.90 Å². The number of hydrogen-bond acceptors (Lipinski definition) is 3. The molecule has 0 spiro atoms. The van der Waals surface area contributed by atoms with Crippen LogP contribution >= 0.6 is 0 Å². The Kier molecular flexibility index (Phi) is 8.59. The molecule has 0 aromatic heterocycles. The summed E-state index contributed by atoms with van der Waals surface area (Å²) < 4.78 is 0. The van der Waals surface area contributed by atoms with Crippen molar-refractivity contribution in [2.24, 2.45) is 11.5 Å². The quantitative estimate of drug-likeness (QED) is 0.528. The van der Waals surface area contributed by atoms with E-state index in [9.17, 15) is 0 Å². The van der Waals surface area contributed by atoms with E-state index in [4.69, 9.17) is 21.4 Å². The van der Waals surface area contributed by atoms with Crippen LogP contribution in [0.2, 0.25) is 0 Å². The van der Waals surface area contributed by atoms with Gasteiger partial charge in [0.05, 0.1) is 5.41 Å². The molecular weight excluding hydrogens is 360 g/mol. The van der Waals surface area contributed by atoms with Crippen molar-refractivity contribution in [3.05, 3.63) is 108 Å². The van der Waals surface area contributed by atoms with Crippen LogP contribution in [0.15, 0.2) is 91.0 Å². The summed E-state index contributed by atoms with van der Waals surface area (Å²) in [6, 6.07) is 31.7. The molecular formula is C25H30N2O2. The van der Waals surface area contributed by atoms with Crippen molar-refractivity contribution in [3.8, 4) is 0 Å². The highest BCUT2D eigenvalue weighted by Crippen LogP contribution is 2.42. The molecule has 1 atom stereocenters. The lowest BCUT2D eigenvalue weighted by Crippen LogP contribution is -2.47. The minimum Gasteiger partial charge on any atom is -0.481 e. The second kappa shape index (κ2) is 11.1. The summed E-state index contributed by atoms with van der Waals surface area (Å²) in [6.07, 6.45) is 1.78. The lowest BCUT2D eigenvalue weighted by Gasteiger charge is -2.41.